The minimum atomic E-state index is 0.597. The quantitative estimate of drug-likeness (QED) is 0.609. The second-order valence-electron chi connectivity index (χ2n) is 5.85. The third-order valence-electron chi connectivity index (χ3n) is 3.67. The van der Waals surface area contributed by atoms with E-state index in [4.69, 9.17) is 5.73 Å². The number of nitrogens with one attached hydrogen (secondary N) is 1. The molecule has 19 heavy (non-hydrogen) atoms. The van der Waals surface area contributed by atoms with Crippen LogP contribution in [0.25, 0.3) is 0 Å². The summed E-state index contributed by atoms with van der Waals surface area (Å²) in [5.41, 5.74) is 7.30. The minimum Gasteiger partial charge on any atom is -0.370 e. The fourth-order valence-electron chi connectivity index (χ4n) is 2.32. The van der Waals surface area contributed by atoms with Crippen LogP contribution in [0.1, 0.15) is 38.2 Å². The molecule has 2 rings (SSSR count). The number of hydrogen-bond acceptors (Lipinski definition) is 1. The first-order valence-corrected chi connectivity index (χ1v) is 7.25. The lowest BCUT2D eigenvalue weighted by molar-refractivity contribution is 0.576. The number of hydrogen-bond donors (Lipinski definition) is 2. The Balaban J connectivity index is 1.69. The van der Waals surface area contributed by atoms with Crippen molar-refractivity contribution in [2.45, 2.75) is 32.6 Å². The van der Waals surface area contributed by atoms with Gasteiger partial charge < -0.3 is 11.1 Å². The maximum atomic E-state index is 5.86. The highest BCUT2D eigenvalue weighted by atomic mass is 15.1. The van der Waals surface area contributed by atoms with Crippen LogP contribution in [0.2, 0.25) is 0 Å². The van der Waals surface area contributed by atoms with Gasteiger partial charge in [-0.25, -0.2) is 0 Å². The van der Waals surface area contributed by atoms with Crippen molar-refractivity contribution in [3.63, 3.8) is 0 Å². The van der Waals surface area contributed by atoms with Gasteiger partial charge in [-0.3, -0.25) is 4.99 Å². The molecule has 1 aromatic rings. The molecule has 2 atom stereocenters. The van der Waals surface area contributed by atoms with Gasteiger partial charge in [0.05, 0.1) is 0 Å². The van der Waals surface area contributed by atoms with Crippen molar-refractivity contribution < 1.29 is 0 Å². The maximum Gasteiger partial charge on any atom is 0.188 e. The maximum absolute atomic E-state index is 5.86. The van der Waals surface area contributed by atoms with Crippen LogP contribution in [-0.4, -0.2) is 19.0 Å². The summed E-state index contributed by atoms with van der Waals surface area (Å²) >= 11 is 0. The van der Waals surface area contributed by atoms with Crippen molar-refractivity contribution >= 4 is 5.96 Å². The summed E-state index contributed by atoms with van der Waals surface area (Å²) in [6, 6.07) is 10.7. The van der Waals surface area contributed by atoms with Crippen LogP contribution in [0.4, 0.5) is 0 Å². The smallest absolute Gasteiger partial charge is 0.188 e. The zero-order valence-corrected chi connectivity index (χ0v) is 12.0. The molecule has 0 aliphatic heterocycles. The molecular formula is C16H25N3. The molecule has 0 saturated heterocycles. The molecule has 0 amide bonds. The van der Waals surface area contributed by atoms with E-state index in [0.717, 1.165) is 19.5 Å². The Morgan fingerprint density at radius 2 is 2.11 bits per heavy atom. The topological polar surface area (TPSA) is 50.4 Å². The Morgan fingerprint density at radius 1 is 1.37 bits per heavy atom. The lowest BCUT2D eigenvalue weighted by atomic mass is 10.1. The van der Waals surface area contributed by atoms with E-state index >= 15 is 0 Å². The first-order valence-electron chi connectivity index (χ1n) is 7.25. The Kier molecular flexibility index (Phi) is 4.83. The fraction of sp³-hybridized carbons (Fsp3) is 0.562. The number of benzene rings is 1. The Bertz CT molecular complexity index is 411. The van der Waals surface area contributed by atoms with E-state index in [0.29, 0.717) is 23.7 Å². The SMILES string of the molecule is CC(C)CCNC(N)=NCC1CC1c1ccccc1. The predicted octanol–water partition coefficient (Wildman–Crippen LogP) is 2.74. The Labute approximate surface area is 116 Å². The summed E-state index contributed by atoms with van der Waals surface area (Å²) in [4.78, 5) is 4.44. The molecule has 0 spiro atoms. The molecule has 0 bridgehead atoms. The van der Waals surface area contributed by atoms with Gasteiger partial charge in [0, 0.05) is 13.1 Å². The monoisotopic (exact) mass is 259 g/mol. The molecule has 1 aliphatic carbocycles. The van der Waals surface area contributed by atoms with E-state index in [2.05, 4.69) is 54.5 Å². The van der Waals surface area contributed by atoms with Gasteiger partial charge in [0.1, 0.15) is 0 Å². The van der Waals surface area contributed by atoms with Crippen molar-refractivity contribution in [3.05, 3.63) is 35.9 Å². The molecule has 0 aromatic heterocycles. The van der Waals surface area contributed by atoms with Crippen molar-refractivity contribution in [2.75, 3.05) is 13.1 Å². The first kappa shape index (κ1) is 13.9. The average molecular weight is 259 g/mol. The number of nitrogens with zero attached hydrogens (tertiary/aromatic N) is 1. The third-order valence-corrected chi connectivity index (χ3v) is 3.67. The van der Waals surface area contributed by atoms with Crippen LogP contribution in [0.5, 0.6) is 0 Å². The number of nitrogens with two attached hydrogens (primary N) is 1. The van der Waals surface area contributed by atoms with Gasteiger partial charge in [-0.05, 0) is 36.2 Å². The highest BCUT2D eigenvalue weighted by Crippen LogP contribution is 2.47. The van der Waals surface area contributed by atoms with Crippen LogP contribution in [0, 0.1) is 11.8 Å². The molecule has 104 valence electrons. The molecule has 0 heterocycles. The average Bonchev–Trinajstić information content (AvgIpc) is 3.16. The van der Waals surface area contributed by atoms with E-state index in [1.54, 1.807) is 0 Å². The van der Waals surface area contributed by atoms with Crippen molar-refractivity contribution in [1.29, 1.82) is 0 Å². The van der Waals surface area contributed by atoms with Crippen LogP contribution in [0.3, 0.4) is 0 Å². The zero-order valence-electron chi connectivity index (χ0n) is 12.0. The number of guanidine groups is 1. The fourth-order valence-corrected chi connectivity index (χ4v) is 2.32. The van der Waals surface area contributed by atoms with Crippen LogP contribution in [-0.2, 0) is 0 Å². The van der Waals surface area contributed by atoms with Gasteiger partial charge in [-0.15, -0.1) is 0 Å². The number of aliphatic imine (C=N–C) groups is 1. The summed E-state index contributed by atoms with van der Waals surface area (Å²) < 4.78 is 0. The van der Waals surface area contributed by atoms with E-state index < -0.39 is 0 Å². The molecule has 1 aromatic carbocycles. The second kappa shape index (κ2) is 6.60. The van der Waals surface area contributed by atoms with Gasteiger partial charge in [0.25, 0.3) is 0 Å². The van der Waals surface area contributed by atoms with Gasteiger partial charge in [-0.2, -0.15) is 0 Å². The van der Waals surface area contributed by atoms with Crippen molar-refractivity contribution in [3.8, 4) is 0 Å². The summed E-state index contributed by atoms with van der Waals surface area (Å²) in [6.45, 7) is 6.19. The molecule has 0 radical (unpaired) electrons. The lowest BCUT2D eigenvalue weighted by Gasteiger charge is -2.07. The Morgan fingerprint density at radius 3 is 2.79 bits per heavy atom. The van der Waals surface area contributed by atoms with Crippen LogP contribution >= 0.6 is 0 Å². The normalized spacial score (nSPS) is 22.6. The molecule has 2 unspecified atom stereocenters. The summed E-state index contributed by atoms with van der Waals surface area (Å²) in [5, 5.41) is 3.18. The molecule has 1 saturated carbocycles. The zero-order chi connectivity index (χ0) is 13.7. The summed E-state index contributed by atoms with van der Waals surface area (Å²) in [5.74, 6) is 2.66. The Hall–Kier alpha value is -1.51. The number of rotatable bonds is 6. The van der Waals surface area contributed by atoms with Crippen LogP contribution in [0.15, 0.2) is 35.3 Å². The molecular weight excluding hydrogens is 234 g/mol. The van der Waals surface area contributed by atoms with E-state index in [9.17, 15) is 0 Å². The van der Waals surface area contributed by atoms with E-state index in [1.165, 1.54) is 12.0 Å². The van der Waals surface area contributed by atoms with E-state index in [1.807, 2.05) is 0 Å². The molecule has 1 aliphatic rings. The highest BCUT2D eigenvalue weighted by molar-refractivity contribution is 5.77. The van der Waals surface area contributed by atoms with Gasteiger partial charge in [-0.1, -0.05) is 44.2 Å². The second-order valence-corrected chi connectivity index (χ2v) is 5.85. The largest absolute Gasteiger partial charge is 0.370 e. The molecule has 3 nitrogen and oxygen atoms in total. The standard InChI is InChI=1S/C16H25N3/c1-12(2)8-9-18-16(17)19-11-14-10-15(14)13-6-4-3-5-7-13/h3-7,12,14-15H,8-11H2,1-2H3,(H3,17,18,19). The molecule has 3 heteroatoms. The van der Waals surface area contributed by atoms with Gasteiger partial charge in [0.15, 0.2) is 5.96 Å². The third kappa shape index (κ3) is 4.58. The van der Waals surface area contributed by atoms with Crippen molar-refractivity contribution in [1.82, 2.24) is 5.32 Å². The summed E-state index contributed by atoms with van der Waals surface area (Å²) in [7, 11) is 0. The summed E-state index contributed by atoms with van der Waals surface area (Å²) in [6.07, 6.45) is 2.37. The molecule has 3 N–H and O–H groups in total. The highest BCUT2D eigenvalue weighted by Gasteiger charge is 2.37. The predicted molar refractivity (Wildman–Crippen MR) is 81.2 cm³/mol. The van der Waals surface area contributed by atoms with E-state index in [-0.39, 0.29) is 0 Å². The van der Waals surface area contributed by atoms with Gasteiger partial charge >= 0.3 is 0 Å². The van der Waals surface area contributed by atoms with Crippen molar-refractivity contribution in [2.24, 2.45) is 22.6 Å². The molecule has 1 fully saturated rings. The first-order chi connectivity index (χ1) is 9.16. The van der Waals surface area contributed by atoms with Crippen LogP contribution < -0.4 is 11.1 Å². The minimum absolute atomic E-state index is 0.597. The van der Waals surface area contributed by atoms with Gasteiger partial charge in [0.2, 0.25) is 0 Å². The lowest BCUT2D eigenvalue weighted by Crippen LogP contribution is -2.33.